The molecule has 2 fully saturated rings. The van der Waals surface area contributed by atoms with Crippen LogP contribution in [-0.4, -0.2) is 23.2 Å². The minimum atomic E-state index is 0.439. The highest BCUT2D eigenvalue weighted by Crippen LogP contribution is 2.36. The zero-order valence-electron chi connectivity index (χ0n) is 7.27. The average molecular weight is 196 g/mol. The third-order valence-electron chi connectivity index (χ3n) is 2.85. The Kier molecular flexibility index (Phi) is 1.77. The van der Waals surface area contributed by atoms with Gasteiger partial charge in [0.05, 0.1) is 18.2 Å². The van der Waals surface area contributed by atoms with Gasteiger partial charge in [-0.25, -0.2) is 4.98 Å². The predicted octanol–water partition coefficient (Wildman–Crippen LogP) is 1.87. The van der Waals surface area contributed by atoms with Crippen LogP contribution >= 0.6 is 11.3 Å². The fraction of sp³-hybridized carbons (Fsp3) is 0.667. The normalized spacial score (nSPS) is 36.8. The third kappa shape index (κ3) is 1.34. The van der Waals surface area contributed by atoms with Crippen LogP contribution in [0, 0.1) is 0 Å². The zero-order valence-corrected chi connectivity index (χ0v) is 8.09. The first-order chi connectivity index (χ1) is 6.42. The first-order valence-electron chi connectivity index (χ1n) is 4.73. The smallest absolute Gasteiger partial charge is 0.182 e. The highest BCUT2D eigenvalue weighted by atomic mass is 32.1. The molecule has 0 radical (unpaired) electrons. The summed E-state index contributed by atoms with van der Waals surface area (Å²) in [5, 5.41) is 6.46. The van der Waals surface area contributed by atoms with Crippen molar-refractivity contribution in [1.29, 1.82) is 0 Å². The summed E-state index contributed by atoms with van der Waals surface area (Å²) < 4.78 is 5.75. The van der Waals surface area contributed by atoms with Gasteiger partial charge in [0.1, 0.15) is 0 Å². The molecule has 2 bridgehead atoms. The van der Waals surface area contributed by atoms with Crippen molar-refractivity contribution in [3.63, 3.8) is 0 Å². The van der Waals surface area contributed by atoms with Gasteiger partial charge in [-0.15, -0.1) is 11.3 Å². The van der Waals surface area contributed by atoms with E-state index in [-0.39, 0.29) is 0 Å². The van der Waals surface area contributed by atoms with Crippen LogP contribution in [0.25, 0.3) is 0 Å². The van der Waals surface area contributed by atoms with Gasteiger partial charge in [-0.1, -0.05) is 0 Å². The molecule has 3 atom stereocenters. The molecule has 1 aromatic rings. The molecule has 4 heteroatoms. The van der Waals surface area contributed by atoms with E-state index in [4.69, 9.17) is 4.74 Å². The Morgan fingerprint density at radius 3 is 3.15 bits per heavy atom. The Morgan fingerprint density at radius 2 is 2.54 bits per heavy atom. The van der Waals surface area contributed by atoms with E-state index in [2.05, 4.69) is 10.3 Å². The minimum Gasteiger partial charge on any atom is -0.373 e. The first kappa shape index (κ1) is 7.76. The van der Waals surface area contributed by atoms with Crippen molar-refractivity contribution in [2.45, 2.75) is 37.5 Å². The number of fused-ring (bicyclic) bond motifs is 2. The molecule has 70 valence electrons. The molecule has 1 aromatic heterocycles. The Hall–Kier alpha value is -0.610. The lowest BCUT2D eigenvalue weighted by molar-refractivity contribution is 0.102. The molecule has 3 rings (SSSR count). The largest absolute Gasteiger partial charge is 0.373 e. The van der Waals surface area contributed by atoms with Crippen LogP contribution in [0.4, 0.5) is 5.13 Å². The van der Waals surface area contributed by atoms with Gasteiger partial charge in [0.15, 0.2) is 5.13 Å². The quantitative estimate of drug-likeness (QED) is 0.784. The van der Waals surface area contributed by atoms with Crippen molar-refractivity contribution in [1.82, 2.24) is 4.98 Å². The first-order valence-corrected chi connectivity index (χ1v) is 5.61. The SMILES string of the molecule is c1csc(NC2CC3CCC2O3)n1. The molecule has 0 aliphatic carbocycles. The van der Waals surface area contributed by atoms with Crippen molar-refractivity contribution in [2.24, 2.45) is 0 Å². The minimum absolute atomic E-state index is 0.439. The summed E-state index contributed by atoms with van der Waals surface area (Å²) in [4.78, 5) is 4.22. The van der Waals surface area contributed by atoms with E-state index in [1.165, 1.54) is 12.8 Å². The maximum atomic E-state index is 5.75. The lowest BCUT2D eigenvalue weighted by atomic mass is 9.96. The van der Waals surface area contributed by atoms with Crippen molar-refractivity contribution in [3.05, 3.63) is 11.6 Å². The van der Waals surface area contributed by atoms with E-state index >= 15 is 0 Å². The summed E-state index contributed by atoms with van der Waals surface area (Å²) in [6.07, 6.45) is 6.41. The Bertz CT molecular complexity index is 288. The van der Waals surface area contributed by atoms with Gasteiger partial charge in [0.2, 0.25) is 0 Å². The fourth-order valence-corrected chi connectivity index (χ4v) is 2.83. The predicted molar refractivity (Wildman–Crippen MR) is 52.0 cm³/mol. The second kappa shape index (κ2) is 2.96. The average Bonchev–Trinajstić information content (AvgIpc) is 2.77. The molecule has 0 spiro atoms. The Balaban J connectivity index is 1.68. The Labute approximate surface area is 81.1 Å². The molecule has 3 heterocycles. The molecular formula is C9H12N2OS. The number of hydrogen-bond donors (Lipinski definition) is 1. The molecule has 2 aliphatic heterocycles. The molecule has 0 saturated carbocycles. The van der Waals surface area contributed by atoms with Crippen LogP contribution in [0.2, 0.25) is 0 Å². The number of thiazole rings is 1. The summed E-state index contributed by atoms with van der Waals surface area (Å²) in [6.45, 7) is 0. The van der Waals surface area contributed by atoms with Gasteiger partial charge < -0.3 is 10.1 Å². The number of nitrogens with zero attached hydrogens (tertiary/aromatic N) is 1. The van der Waals surface area contributed by atoms with Crippen LogP contribution in [0.5, 0.6) is 0 Å². The van der Waals surface area contributed by atoms with E-state index in [1.54, 1.807) is 11.3 Å². The highest BCUT2D eigenvalue weighted by Gasteiger charge is 2.40. The number of ether oxygens (including phenoxy) is 1. The monoisotopic (exact) mass is 196 g/mol. The van der Waals surface area contributed by atoms with Crippen molar-refractivity contribution < 1.29 is 4.74 Å². The summed E-state index contributed by atoms with van der Waals surface area (Å²) in [5.41, 5.74) is 0. The molecule has 13 heavy (non-hydrogen) atoms. The van der Waals surface area contributed by atoms with E-state index < -0.39 is 0 Å². The zero-order chi connectivity index (χ0) is 8.67. The number of aromatic nitrogens is 1. The maximum absolute atomic E-state index is 5.75. The van der Waals surface area contributed by atoms with Gasteiger partial charge in [-0.3, -0.25) is 0 Å². The van der Waals surface area contributed by atoms with Crippen molar-refractivity contribution in [2.75, 3.05) is 5.32 Å². The summed E-state index contributed by atoms with van der Waals surface area (Å²) in [7, 11) is 0. The highest BCUT2D eigenvalue weighted by molar-refractivity contribution is 7.13. The molecule has 3 nitrogen and oxygen atoms in total. The van der Waals surface area contributed by atoms with Crippen LogP contribution in [-0.2, 0) is 4.74 Å². The standard InChI is InChI=1S/C9H12N2OS/c1-2-8-7(5-6(1)12-8)11-9-10-3-4-13-9/h3-4,6-8H,1-2,5H2,(H,10,11). The number of rotatable bonds is 2. The van der Waals surface area contributed by atoms with E-state index in [1.807, 2.05) is 11.6 Å². The number of hydrogen-bond acceptors (Lipinski definition) is 4. The topological polar surface area (TPSA) is 34.1 Å². The van der Waals surface area contributed by atoms with Gasteiger partial charge in [0.25, 0.3) is 0 Å². The fourth-order valence-electron chi connectivity index (χ4n) is 2.24. The van der Waals surface area contributed by atoms with Crippen molar-refractivity contribution >= 4 is 16.5 Å². The summed E-state index contributed by atoms with van der Waals surface area (Å²) in [5.74, 6) is 0. The van der Waals surface area contributed by atoms with Gasteiger partial charge in [-0.05, 0) is 19.3 Å². The summed E-state index contributed by atoms with van der Waals surface area (Å²) in [6, 6.07) is 0.505. The Morgan fingerprint density at radius 1 is 1.54 bits per heavy atom. The van der Waals surface area contributed by atoms with E-state index in [9.17, 15) is 0 Å². The van der Waals surface area contributed by atoms with Gasteiger partial charge >= 0.3 is 0 Å². The third-order valence-corrected chi connectivity index (χ3v) is 3.55. The second-order valence-electron chi connectivity index (χ2n) is 3.70. The molecule has 0 amide bonds. The van der Waals surface area contributed by atoms with Gasteiger partial charge in [-0.2, -0.15) is 0 Å². The maximum Gasteiger partial charge on any atom is 0.182 e. The molecule has 2 aliphatic rings. The lowest BCUT2D eigenvalue weighted by Crippen LogP contribution is -2.30. The number of anilines is 1. The molecule has 0 aromatic carbocycles. The summed E-state index contributed by atoms with van der Waals surface area (Å²) >= 11 is 1.66. The van der Waals surface area contributed by atoms with Crippen LogP contribution in [0.15, 0.2) is 11.6 Å². The molecule has 1 N–H and O–H groups in total. The lowest BCUT2D eigenvalue weighted by Gasteiger charge is -2.19. The number of nitrogens with one attached hydrogen (secondary N) is 1. The van der Waals surface area contributed by atoms with E-state index in [0.717, 1.165) is 11.6 Å². The van der Waals surface area contributed by atoms with Gasteiger partial charge in [0, 0.05) is 11.6 Å². The van der Waals surface area contributed by atoms with Crippen LogP contribution < -0.4 is 5.32 Å². The molecule has 2 saturated heterocycles. The molecule has 3 unspecified atom stereocenters. The van der Waals surface area contributed by atoms with Crippen molar-refractivity contribution in [3.8, 4) is 0 Å². The second-order valence-corrected chi connectivity index (χ2v) is 4.59. The molecular weight excluding hydrogens is 184 g/mol. The van der Waals surface area contributed by atoms with E-state index in [0.29, 0.717) is 18.2 Å². The van der Waals surface area contributed by atoms with Crippen LogP contribution in [0.1, 0.15) is 19.3 Å². The van der Waals surface area contributed by atoms with Crippen LogP contribution in [0.3, 0.4) is 0 Å².